The molecule has 0 spiro atoms. The summed E-state index contributed by atoms with van der Waals surface area (Å²) in [6, 6.07) is 3.29. The monoisotopic (exact) mass is 554 g/mol. The topological polar surface area (TPSA) is 75.1 Å². The SMILES string of the molecule is O=C(CN1CCCCC1=O)N1CCC(c2nc(C3=NO[C@@H](c4c(Cl)cc(Cl)cc4Cl)C3)cs2)CC1. The standard InChI is InChI=1S/C24H25Cl3N4O3S/c25-15-9-16(26)23(17(27)10-15)20-11-18(29-34-20)19-13-35-24(28-19)14-4-7-30(8-5-14)22(33)12-31-6-2-1-3-21(31)32/h9-10,13-14,20H,1-8,11-12H2/t20-/m1/s1. The number of carbonyl (C=O) groups excluding carboxylic acids is 2. The molecule has 5 rings (SSSR count). The molecule has 11 heteroatoms. The molecule has 0 N–H and O–H groups in total. The number of rotatable bonds is 5. The highest BCUT2D eigenvalue weighted by Crippen LogP contribution is 2.40. The van der Waals surface area contributed by atoms with Gasteiger partial charge in [-0.2, -0.15) is 0 Å². The molecule has 0 unspecified atom stereocenters. The Kier molecular flexibility index (Phi) is 7.53. The first-order chi connectivity index (χ1) is 16.9. The highest BCUT2D eigenvalue weighted by atomic mass is 35.5. The number of hydrogen-bond donors (Lipinski definition) is 0. The van der Waals surface area contributed by atoms with Crippen LogP contribution in [0.15, 0.2) is 22.7 Å². The number of amides is 2. The van der Waals surface area contributed by atoms with Gasteiger partial charge in [0.25, 0.3) is 0 Å². The van der Waals surface area contributed by atoms with E-state index < -0.39 is 0 Å². The predicted octanol–water partition coefficient (Wildman–Crippen LogP) is 5.69. The Morgan fingerprint density at radius 2 is 1.86 bits per heavy atom. The van der Waals surface area contributed by atoms with E-state index >= 15 is 0 Å². The Morgan fingerprint density at radius 3 is 2.57 bits per heavy atom. The van der Waals surface area contributed by atoms with Gasteiger partial charge < -0.3 is 14.6 Å². The lowest BCUT2D eigenvalue weighted by molar-refractivity contribution is -0.142. The van der Waals surface area contributed by atoms with Crippen LogP contribution in [-0.4, -0.2) is 58.5 Å². The molecule has 0 bridgehead atoms. The number of thiazole rings is 1. The van der Waals surface area contributed by atoms with Crippen molar-refractivity contribution in [1.82, 2.24) is 14.8 Å². The van der Waals surface area contributed by atoms with E-state index in [0.29, 0.717) is 59.0 Å². The number of halogens is 3. The number of likely N-dealkylation sites (tertiary alicyclic amines) is 2. The number of benzene rings is 1. The van der Waals surface area contributed by atoms with Crippen LogP contribution >= 0.6 is 46.1 Å². The van der Waals surface area contributed by atoms with Crippen molar-refractivity contribution in [2.45, 2.75) is 50.5 Å². The van der Waals surface area contributed by atoms with Crippen LogP contribution in [0.2, 0.25) is 15.1 Å². The number of oxime groups is 1. The normalized spacial score (nSPS) is 21.3. The molecule has 0 aliphatic carbocycles. The summed E-state index contributed by atoms with van der Waals surface area (Å²) in [5.41, 5.74) is 2.24. The molecule has 2 aromatic rings. The van der Waals surface area contributed by atoms with Crippen LogP contribution in [0.25, 0.3) is 0 Å². The van der Waals surface area contributed by atoms with Gasteiger partial charge in [0, 0.05) is 54.4 Å². The van der Waals surface area contributed by atoms with E-state index in [-0.39, 0.29) is 24.5 Å². The fourth-order valence-electron chi connectivity index (χ4n) is 4.82. The van der Waals surface area contributed by atoms with E-state index in [1.165, 1.54) is 0 Å². The van der Waals surface area contributed by atoms with Crippen molar-refractivity contribution in [3.05, 3.63) is 48.8 Å². The molecule has 186 valence electrons. The molecule has 1 atom stereocenters. The molecule has 35 heavy (non-hydrogen) atoms. The maximum Gasteiger partial charge on any atom is 0.242 e. The molecule has 3 aliphatic heterocycles. The third kappa shape index (κ3) is 5.45. The second-order valence-corrected chi connectivity index (χ2v) is 11.3. The number of piperidine rings is 2. The van der Waals surface area contributed by atoms with Crippen LogP contribution in [0.5, 0.6) is 0 Å². The fourth-order valence-corrected chi connectivity index (χ4v) is 6.88. The molecular formula is C24H25Cl3N4O3S. The van der Waals surface area contributed by atoms with Gasteiger partial charge >= 0.3 is 0 Å². The van der Waals surface area contributed by atoms with Gasteiger partial charge in [0.15, 0.2) is 6.10 Å². The van der Waals surface area contributed by atoms with Crippen LogP contribution in [-0.2, 0) is 14.4 Å². The predicted molar refractivity (Wildman–Crippen MR) is 138 cm³/mol. The first-order valence-corrected chi connectivity index (χ1v) is 13.8. The summed E-state index contributed by atoms with van der Waals surface area (Å²) in [7, 11) is 0. The smallest absolute Gasteiger partial charge is 0.242 e. The number of hydrogen-bond acceptors (Lipinski definition) is 6. The van der Waals surface area contributed by atoms with E-state index in [1.807, 2.05) is 10.3 Å². The lowest BCUT2D eigenvalue weighted by atomic mass is 9.97. The van der Waals surface area contributed by atoms with Gasteiger partial charge in [0.2, 0.25) is 11.8 Å². The summed E-state index contributed by atoms with van der Waals surface area (Å²) < 4.78 is 0. The van der Waals surface area contributed by atoms with Gasteiger partial charge in [0.1, 0.15) is 5.71 Å². The minimum absolute atomic E-state index is 0.0431. The minimum atomic E-state index is -0.381. The molecular weight excluding hydrogens is 531 g/mol. The van der Waals surface area contributed by atoms with Crippen molar-refractivity contribution in [1.29, 1.82) is 0 Å². The largest absolute Gasteiger partial charge is 0.387 e. The average molecular weight is 556 g/mol. The molecule has 0 radical (unpaired) electrons. The Bertz CT molecular complexity index is 1140. The van der Waals surface area contributed by atoms with E-state index in [0.717, 1.165) is 42.1 Å². The Hall–Kier alpha value is -1.87. The summed E-state index contributed by atoms with van der Waals surface area (Å²) in [4.78, 5) is 38.8. The second-order valence-electron chi connectivity index (χ2n) is 9.12. The number of carbonyl (C=O) groups is 2. The average Bonchev–Trinajstić information content (AvgIpc) is 3.50. The molecule has 1 aromatic heterocycles. The van der Waals surface area contributed by atoms with Crippen LogP contribution in [0.4, 0.5) is 0 Å². The molecule has 2 amide bonds. The van der Waals surface area contributed by atoms with Gasteiger partial charge in [-0.1, -0.05) is 40.0 Å². The summed E-state index contributed by atoms with van der Waals surface area (Å²) >= 11 is 20.3. The van der Waals surface area contributed by atoms with Crippen LogP contribution in [0.1, 0.15) is 66.8 Å². The minimum Gasteiger partial charge on any atom is -0.387 e. The van der Waals surface area contributed by atoms with E-state index in [9.17, 15) is 9.59 Å². The zero-order valence-electron chi connectivity index (χ0n) is 19.0. The maximum atomic E-state index is 12.7. The Balaban J connectivity index is 1.16. The van der Waals surface area contributed by atoms with Crippen molar-refractivity contribution in [2.24, 2.45) is 5.16 Å². The Morgan fingerprint density at radius 1 is 1.11 bits per heavy atom. The van der Waals surface area contributed by atoms with Crippen LogP contribution in [0.3, 0.4) is 0 Å². The van der Waals surface area contributed by atoms with E-state index in [2.05, 4.69) is 5.16 Å². The van der Waals surface area contributed by atoms with E-state index in [1.54, 1.807) is 28.4 Å². The lowest BCUT2D eigenvalue weighted by Gasteiger charge is -2.34. The maximum absolute atomic E-state index is 12.7. The molecule has 1 aromatic carbocycles. The molecule has 3 aliphatic rings. The molecule has 2 fully saturated rings. The van der Waals surface area contributed by atoms with Gasteiger partial charge in [0.05, 0.1) is 27.3 Å². The van der Waals surface area contributed by atoms with Crippen LogP contribution < -0.4 is 0 Å². The first-order valence-electron chi connectivity index (χ1n) is 11.8. The lowest BCUT2D eigenvalue weighted by Crippen LogP contribution is -2.46. The Labute approximate surface area is 223 Å². The third-order valence-electron chi connectivity index (χ3n) is 6.80. The van der Waals surface area contributed by atoms with Crippen molar-refractivity contribution in [3.8, 4) is 0 Å². The summed E-state index contributed by atoms with van der Waals surface area (Å²) in [6.45, 7) is 2.25. The summed E-state index contributed by atoms with van der Waals surface area (Å²) in [5, 5.41) is 8.68. The van der Waals surface area contributed by atoms with E-state index in [4.69, 9.17) is 44.6 Å². The van der Waals surface area contributed by atoms with Crippen molar-refractivity contribution in [2.75, 3.05) is 26.2 Å². The third-order valence-corrected chi connectivity index (χ3v) is 8.65. The van der Waals surface area contributed by atoms with Crippen molar-refractivity contribution in [3.63, 3.8) is 0 Å². The molecule has 0 saturated carbocycles. The van der Waals surface area contributed by atoms with Crippen molar-refractivity contribution < 1.29 is 14.4 Å². The van der Waals surface area contributed by atoms with Crippen LogP contribution in [0, 0.1) is 0 Å². The van der Waals surface area contributed by atoms with Gasteiger partial charge in [-0.3, -0.25) is 9.59 Å². The number of nitrogens with zero attached hydrogens (tertiary/aromatic N) is 4. The summed E-state index contributed by atoms with van der Waals surface area (Å²) in [6.07, 6.45) is 4.30. The van der Waals surface area contributed by atoms with Crippen molar-refractivity contribution >= 4 is 63.7 Å². The van der Waals surface area contributed by atoms with Gasteiger partial charge in [-0.25, -0.2) is 4.98 Å². The zero-order chi connectivity index (χ0) is 24.5. The zero-order valence-corrected chi connectivity index (χ0v) is 22.1. The first kappa shape index (κ1) is 24.8. The van der Waals surface area contributed by atoms with Gasteiger partial charge in [-0.05, 0) is 37.8 Å². The quantitative estimate of drug-likeness (QED) is 0.475. The van der Waals surface area contributed by atoms with Gasteiger partial charge in [-0.15, -0.1) is 11.3 Å². The summed E-state index contributed by atoms with van der Waals surface area (Å²) in [5.74, 6) is 0.436. The number of aromatic nitrogens is 1. The second kappa shape index (κ2) is 10.6. The molecule has 2 saturated heterocycles. The highest BCUT2D eigenvalue weighted by molar-refractivity contribution is 7.10. The molecule has 4 heterocycles. The molecule has 7 nitrogen and oxygen atoms in total. The highest BCUT2D eigenvalue weighted by Gasteiger charge is 2.31. The fraction of sp³-hybridized carbons (Fsp3) is 0.500.